The number of nitrogens with zero attached hydrogens (tertiary/aromatic N) is 1. The molecular formula is C17H25NO3. The third kappa shape index (κ3) is 5.05. The standard InChI is InChI=1S/C17H25NO3/c1-14-4-3-5-16(12-14)21-13-17(19)18-9-6-15(7-10-18)8-11-20-2/h3-5,12,15H,6-11,13H2,1-2H3. The van der Waals surface area contributed by atoms with Crippen molar-refractivity contribution in [3.63, 3.8) is 0 Å². The van der Waals surface area contributed by atoms with Crippen molar-refractivity contribution >= 4 is 5.91 Å². The minimum atomic E-state index is 0.0849. The second-order valence-corrected chi connectivity index (χ2v) is 5.71. The molecule has 21 heavy (non-hydrogen) atoms. The number of carbonyl (C=O) groups is 1. The molecule has 0 spiro atoms. The molecule has 1 aromatic carbocycles. The van der Waals surface area contributed by atoms with Gasteiger partial charge in [0, 0.05) is 26.8 Å². The monoisotopic (exact) mass is 291 g/mol. The molecule has 0 aromatic heterocycles. The van der Waals surface area contributed by atoms with Gasteiger partial charge in [-0.1, -0.05) is 12.1 Å². The first kappa shape index (κ1) is 15.8. The summed E-state index contributed by atoms with van der Waals surface area (Å²) in [5.41, 5.74) is 1.14. The molecule has 4 nitrogen and oxygen atoms in total. The number of carbonyl (C=O) groups excluding carboxylic acids is 1. The van der Waals surface area contributed by atoms with Crippen LogP contribution in [0.15, 0.2) is 24.3 Å². The van der Waals surface area contributed by atoms with E-state index < -0.39 is 0 Å². The minimum Gasteiger partial charge on any atom is -0.484 e. The Morgan fingerprint density at radius 1 is 1.33 bits per heavy atom. The number of rotatable bonds is 6. The summed E-state index contributed by atoms with van der Waals surface area (Å²) in [7, 11) is 1.74. The molecule has 1 aromatic rings. The first-order valence-corrected chi connectivity index (χ1v) is 7.65. The van der Waals surface area contributed by atoms with Crippen molar-refractivity contribution in [2.75, 3.05) is 33.4 Å². The molecule has 2 rings (SSSR count). The van der Waals surface area contributed by atoms with Gasteiger partial charge in [0.1, 0.15) is 5.75 Å². The maximum atomic E-state index is 12.2. The van der Waals surface area contributed by atoms with E-state index in [9.17, 15) is 4.79 Å². The van der Waals surface area contributed by atoms with Crippen molar-refractivity contribution in [1.29, 1.82) is 0 Å². The molecule has 0 N–H and O–H groups in total. The summed E-state index contributed by atoms with van der Waals surface area (Å²) in [6.07, 6.45) is 3.23. The zero-order valence-corrected chi connectivity index (χ0v) is 13.0. The Morgan fingerprint density at radius 3 is 2.76 bits per heavy atom. The lowest BCUT2D eigenvalue weighted by atomic mass is 9.94. The van der Waals surface area contributed by atoms with Gasteiger partial charge in [-0.15, -0.1) is 0 Å². The van der Waals surface area contributed by atoms with Gasteiger partial charge in [-0.25, -0.2) is 0 Å². The number of hydrogen-bond donors (Lipinski definition) is 0. The van der Waals surface area contributed by atoms with Crippen LogP contribution in [-0.4, -0.2) is 44.2 Å². The van der Waals surface area contributed by atoms with Crippen LogP contribution in [0.5, 0.6) is 5.75 Å². The van der Waals surface area contributed by atoms with E-state index >= 15 is 0 Å². The van der Waals surface area contributed by atoms with E-state index in [2.05, 4.69) is 0 Å². The molecule has 0 radical (unpaired) electrons. The van der Waals surface area contributed by atoms with Crippen molar-refractivity contribution < 1.29 is 14.3 Å². The van der Waals surface area contributed by atoms with Crippen molar-refractivity contribution in [1.82, 2.24) is 4.90 Å². The molecular weight excluding hydrogens is 266 g/mol. The Bertz CT molecular complexity index is 453. The fourth-order valence-electron chi connectivity index (χ4n) is 2.70. The fourth-order valence-corrected chi connectivity index (χ4v) is 2.70. The third-order valence-corrected chi connectivity index (χ3v) is 4.05. The molecule has 1 heterocycles. The number of ether oxygens (including phenoxy) is 2. The Balaban J connectivity index is 1.72. The molecule has 0 bridgehead atoms. The topological polar surface area (TPSA) is 38.8 Å². The number of benzene rings is 1. The Morgan fingerprint density at radius 2 is 2.10 bits per heavy atom. The first-order chi connectivity index (χ1) is 10.2. The van der Waals surface area contributed by atoms with Gasteiger partial charge in [-0.2, -0.15) is 0 Å². The lowest BCUT2D eigenvalue weighted by molar-refractivity contribution is -0.134. The number of likely N-dealkylation sites (tertiary alicyclic amines) is 1. The second kappa shape index (κ2) is 8.03. The van der Waals surface area contributed by atoms with Gasteiger partial charge in [-0.3, -0.25) is 4.79 Å². The SMILES string of the molecule is COCCC1CCN(C(=O)COc2cccc(C)c2)CC1. The number of amides is 1. The van der Waals surface area contributed by atoms with E-state index in [0.29, 0.717) is 5.92 Å². The molecule has 1 fully saturated rings. The summed E-state index contributed by atoms with van der Waals surface area (Å²) in [6, 6.07) is 7.79. The zero-order chi connectivity index (χ0) is 15.1. The first-order valence-electron chi connectivity index (χ1n) is 7.65. The largest absolute Gasteiger partial charge is 0.484 e. The van der Waals surface area contributed by atoms with Crippen LogP contribution in [0, 0.1) is 12.8 Å². The molecule has 1 saturated heterocycles. The summed E-state index contributed by atoms with van der Waals surface area (Å²) in [4.78, 5) is 14.1. The van der Waals surface area contributed by atoms with E-state index in [4.69, 9.17) is 9.47 Å². The second-order valence-electron chi connectivity index (χ2n) is 5.71. The summed E-state index contributed by atoms with van der Waals surface area (Å²) >= 11 is 0. The van der Waals surface area contributed by atoms with E-state index in [0.717, 1.165) is 50.3 Å². The Kier molecular flexibility index (Phi) is 6.05. The average Bonchev–Trinajstić information content (AvgIpc) is 2.51. The summed E-state index contributed by atoms with van der Waals surface area (Å²) in [6.45, 7) is 4.63. The van der Waals surface area contributed by atoms with Gasteiger partial charge in [0.05, 0.1) is 0 Å². The van der Waals surface area contributed by atoms with Gasteiger partial charge in [0.15, 0.2) is 6.61 Å². The number of hydrogen-bond acceptors (Lipinski definition) is 3. The molecule has 1 aliphatic rings. The quantitative estimate of drug-likeness (QED) is 0.809. The van der Waals surface area contributed by atoms with E-state index in [1.165, 1.54) is 0 Å². The normalized spacial score (nSPS) is 16.0. The van der Waals surface area contributed by atoms with Crippen molar-refractivity contribution in [3.8, 4) is 5.75 Å². The summed E-state index contributed by atoms with van der Waals surface area (Å²) in [5.74, 6) is 1.53. The average molecular weight is 291 g/mol. The summed E-state index contributed by atoms with van der Waals surface area (Å²) in [5, 5.41) is 0. The van der Waals surface area contributed by atoms with E-state index in [1.807, 2.05) is 36.1 Å². The van der Waals surface area contributed by atoms with Crippen LogP contribution >= 0.6 is 0 Å². The Hall–Kier alpha value is -1.55. The van der Waals surface area contributed by atoms with Crippen molar-refractivity contribution in [2.24, 2.45) is 5.92 Å². The lowest BCUT2D eigenvalue weighted by Crippen LogP contribution is -2.41. The molecule has 0 saturated carbocycles. The predicted octanol–water partition coefficient (Wildman–Crippen LogP) is 2.65. The molecule has 1 aliphatic heterocycles. The number of methoxy groups -OCH3 is 1. The van der Waals surface area contributed by atoms with Crippen molar-refractivity contribution in [3.05, 3.63) is 29.8 Å². The van der Waals surface area contributed by atoms with Gasteiger partial charge < -0.3 is 14.4 Å². The highest BCUT2D eigenvalue weighted by Crippen LogP contribution is 2.20. The van der Waals surface area contributed by atoms with Crippen LogP contribution in [0.2, 0.25) is 0 Å². The number of piperidine rings is 1. The van der Waals surface area contributed by atoms with Crippen LogP contribution in [0.4, 0.5) is 0 Å². The van der Waals surface area contributed by atoms with Crippen molar-refractivity contribution in [2.45, 2.75) is 26.2 Å². The maximum Gasteiger partial charge on any atom is 0.260 e. The zero-order valence-electron chi connectivity index (χ0n) is 13.0. The lowest BCUT2D eigenvalue weighted by Gasteiger charge is -2.31. The molecule has 116 valence electrons. The maximum absolute atomic E-state index is 12.2. The van der Waals surface area contributed by atoms with Crippen LogP contribution < -0.4 is 4.74 Å². The van der Waals surface area contributed by atoms with Crippen LogP contribution in [-0.2, 0) is 9.53 Å². The predicted molar refractivity (Wildman–Crippen MR) is 82.5 cm³/mol. The highest BCUT2D eigenvalue weighted by molar-refractivity contribution is 5.77. The molecule has 0 atom stereocenters. The van der Waals surface area contributed by atoms with Gasteiger partial charge in [0.2, 0.25) is 0 Å². The highest BCUT2D eigenvalue weighted by atomic mass is 16.5. The Labute approximate surface area is 127 Å². The third-order valence-electron chi connectivity index (χ3n) is 4.05. The van der Waals surface area contributed by atoms with Crippen LogP contribution in [0.3, 0.4) is 0 Å². The van der Waals surface area contributed by atoms with Crippen LogP contribution in [0.25, 0.3) is 0 Å². The van der Waals surface area contributed by atoms with Gasteiger partial charge in [-0.05, 0) is 49.8 Å². The van der Waals surface area contributed by atoms with E-state index in [-0.39, 0.29) is 12.5 Å². The molecule has 4 heteroatoms. The molecule has 1 amide bonds. The van der Waals surface area contributed by atoms with Gasteiger partial charge >= 0.3 is 0 Å². The van der Waals surface area contributed by atoms with Gasteiger partial charge in [0.25, 0.3) is 5.91 Å². The highest BCUT2D eigenvalue weighted by Gasteiger charge is 2.22. The smallest absolute Gasteiger partial charge is 0.260 e. The minimum absolute atomic E-state index is 0.0849. The van der Waals surface area contributed by atoms with Crippen LogP contribution in [0.1, 0.15) is 24.8 Å². The summed E-state index contributed by atoms with van der Waals surface area (Å²) < 4.78 is 10.7. The van der Waals surface area contributed by atoms with E-state index in [1.54, 1.807) is 7.11 Å². The molecule has 0 unspecified atom stereocenters. The number of aryl methyl sites for hydroxylation is 1. The molecule has 0 aliphatic carbocycles. The fraction of sp³-hybridized carbons (Fsp3) is 0.588.